The average molecular weight is 764 g/mol. The Morgan fingerprint density at radius 1 is 0.389 bits per heavy atom. The Balaban J connectivity index is 3.98. The van der Waals surface area contributed by atoms with Gasteiger partial charge in [0.15, 0.2) is 0 Å². The highest BCUT2D eigenvalue weighted by Gasteiger charge is 2.16. The summed E-state index contributed by atoms with van der Waals surface area (Å²) in [6.45, 7) is 14.9. The normalized spacial score (nSPS) is 11.8. The molecule has 0 fully saturated rings. The van der Waals surface area contributed by atoms with E-state index in [4.69, 9.17) is 9.47 Å². The van der Waals surface area contributed by atoms with Crippen LogP contribution in [0.3, 0.4) is 0 Å². The van der Waals surface area contributed by atoms with Gasteiger partial charge in [-0.05, 0) is 82.7 Å². The number of esters is 2. The molecule has 0 N–H and O–H groups in total. The van der Waals surface area contributed by atoms with Gasteiger partial charge in [0.2, 0.25) is 0 Å². The Hall–Kier alpha value is -1.10. The van der Waals surface area contributed by atoms with Crippen LogP contribution < -0.4 is 0 Å². The zero-order valence-corrected chi connectivity index (χ0v) is 37.7. The lowest BCUT2D eigenvalue weighted by Gasteiger charge is -2.23. The van der Waals surface area contributed by atoms with Crippen LogP contribution in [0, 0.1) is 17.8 Å². The molecule has 322 valence electrons. The minimum atomic E-state index is 0.0388. The third-order valence-electron chi connectivity index (χ3n) is 11.9. The molecular formula is C49H97NO4. The Morgan fingerprint density at radius 3 is 0.981 bits per heavy atom. The van der Waals surface area contributed by atoms with Gasteiger partial charge in [-0.1, -0.05) is 189 Å². The third kappa shape index (κ3) is 36.5. The van der Waals surface area contributed by atoms with E-state index in [9.17, 15) is 9.59 Å². The first-order valence-corrected chi connectivity index (χ1v) is 24.4. The largest absolute Gasteiger partial charge is 0.466 e. The molecule has 0 saturated carbocycles. The van der Waals surface area contributed by atoms with E-state index in [2.05, 4.69) is 46.6 Å². The van der Waals surface area contributed by atoms with E-state index in [-0.39, 0.29) is 11.9 Å². The summed E-state index contributed by atoms with van der Waals surface area (Å²) in [6, 6.07) is 0. The standard InChI is InChI=1S/C49H97NO4/c1-7-12-26-34-45(35-27-13-8-2)42-48(51)53-40-32-24-20-16-18-22-30-38-47(44-50(6)11-5)39-31-23-19-17-21-25-33-41-54-49(52)43-46(36-28-14-9-3)37-29-15-10-4/h45-47H,7-44H2,1-6H3. The molecule has 0 amide bonds. The summed E-state index contributed by atoms with van der Waals surface area (Å²) >= 11 is 0. The van der Waals surface area contributed by atoms with E-state index in [0.29, 0.717) is 37.9 Å². The number of carbonyl (C=O) groups excluding carboxylic acids is 2. The number of nitrogens with zero attached hydrogens (tertiary/aromatic N) is 1. The number of ether oxygens (including phenoxy) is 2. The van der Waals surface area contributed by atoms with Gasteiger partial charge in [-0.2, -0.15) is 0 Å². The van der Waals surface area contributed by atoms with Crippen LogP contribution in [0.1, 0.15) is 253 Å². The van der Waals surface area contributed by atoms with Crippen LogP contribution >= 0.6 is 0 Å². The second-order valence-corrected chi connectivity index (χ2v) is 17.3. The first-order valence-electron chi connectivity index (χ1n) is 24.4. The van der Waals surface area contributed by atoms with Crippen LogP contribution in [-0.2, 0) is 19.1 Å². The van der Waals surface area contributed by atoms with E-state index in [0.717, 1.165) is 25.3 Å². The second-order valence-electron chi connectivity index (χ2n) is 17.3. The molecule has 5 heteroatoms. The van der Waals surface area contributed by atoms with E-state index in [1.54, 1.807) is 0 Å². The van der Waals surface area contributed by atoms with Crippen molar-refractivity contribution in [1.29, 1.82) is 0 Å². The number of rotatable bonds is 43. The minimum Gasteiger partial charge on any atom is -0.466 e. The van der Waals surface area contributed by atoms with Gasteiger partial charge in [0, 0.05) is 19.4 Å². The van der Waals surface area contributed by atoms with Gasteiger partial charge in [-0.15, -0.1) is 0 Å². The van der Waals surface area contributed by atoms with Crippen LogP contribution in [0.5, 0.6) is 0 Å². The molecule has 0 saturated heterocycles. The number of hydrogen-bond donors (Lipinski definition) is 0. The maximum atomic E-state index is 12.5. The summed E-state index contributed by atoms with van der Waals surface area (Å²) in [5.41, 5.74) is 0. The summed E-state index contributed by atoms with van der Waals surface area (Å²) < 4.78 is 11.3. The van der Waals surface area contributed by atoms with Crippen molar-refractivity contribution in [3.63, 3.8) is 0 Å². The SMILES string of the molecule is CCCCCC(CCCCC)CC(=O)OCCCCCCCCCC(CCCCCCCCCOC(=O)CC(CCCCC)CCCCC)CN(C)CC. The maximum Gasteiger partial charge on any atom is 0.306 e. The molecule has 0 atom stereocenters. The Labute approximate surface area is 339 Å². The van der Waals surface area contributed by atoms with Gasteiger partial charge in [0.05, 0.1) is 13.2 Å². The predicted molar refractivity (Wildman–Crippen MR) is 235 cm³/mol. The molecule has 54 heavy (non-hydrogen) atoms. The molecule has 0 rings (SSSR count). The van der Waals surface area contributed by atoms with Crippen molar-refractivity contribution in [2.24, 2.45) is 17.8 Å². The summed E-state index contributed by atoms with van der Waals surface area (Å²) in [5.74, 6) is 1.95. The third-order valence-corrected chi connectivity index (χ3v) is 11.9. The molecule has 0 spiro atoms. The fraction of sp³-hybridized carbons (Fsp3) is 0.959. The number of unbranched alkanes of at least 4 members (excludes halogenated alkanes) is 20. The molecule has 5 nitrogen and oxygen atoms in total. The van der Waals surface area contributed by atoms with E-state index >= 15 is 0 Å². The Bertz CT molecular complexity index is 710. The first-order chi connectivity index (χ1) is 26.4. The van der Waals surface area contributed by atoms with Gasteiger partial charge < -0.3 is 14.4 Å². The lowest BCUT2D eigenvalue weighted by atomic mass is 9.92. The molecule has 0 bridgehead atoms. The first kappa shape index (κ1) is 52.9. The molecule has 0 aliphatic rings. The van der Waals surface area contributed by atoms with Crippen LogP contribution in [0.4, 0.5) is 0 Å². The van der Waals surface area contributed by atoms with Crippen molar-refractivity contribution in [3.8, 4) is 0 Å². The average Bonchev–Trinajstić information content (AvgIpc) is 3.16. The van der Waals surface area contributed by atoms with Crippen molar-refractivity contribution >= 4 is 11.9 Å². The highest BCUT2D eigenvalue weighted by molar-refractivity contribution is 5.70. The van der Waals surface area contributed by atoms with Crippen LogP contribution in [0.15, 0.2) is 0 Å². The molecule has 0 aromatic carbocycles. The highest BCUT2D eigenvalue weighted by Crippen LogP contribution is 2.24. The molecule has 0 heterocycles. The van der Waals surface area contributed by atoms with E-state index < -0.39 is 0 Å². The fourth-order valence-electron chi connectivity index (χ4n) is 8.12. The zero-order valence-electron chi connectivity index (χ0n) is 37.7. The van der Waals surface area contributed by atoms with E-state index in [1.807, 2.05) is 0 Å². The lowest BCUT2D eigenvalue weighted by Crippen LogP contribution is -2.25. The molecular weight excluding hydrogens is 667 g/mol. The number of hydrogen-bond acceptors (Lipinski definition) is 5. The Morgan fingerprint density at radius 2 is 0.667 bits per heavy atom. The molecule has 0 radical (unpaired) electrons. The van der Waals surface area contributed by atoms with Gasteiger partial charge >= 0.3 is 11.9 Å². The lowest BCUT2D eigenvalue weighted by molar-refractivity contribution is -0.146. The molecule has 0 aliphatic heterocycles. The van der Waals surface area contributed by atoms with Gasteiger partial charge in [-0.3, -0.25) is 9.59 Å². The molecule has 0 unspecified atom stereocenters. The van der Waals surface area contributed by atoms with Crippen molar-refractivity contribution in [2.75, 3.05) is 33.4 Å². The van der Waals surface area contributed by atoms with Crippen LogP contribution in [0.2, 0.25) is 0 Å². The van der Waals surface area contributed by atoms with Gasteiger partial charge in [0.25, 0.3) is 0 Å². The summed E-state index contributed by atoms with van der Waals surface area (Å²) in [7, 11) is 2.28. The summed E-state index contributed by atoms with van der Waals surface area (Å²) in [5, 5.41) is 0. The quantitative estimate of drug-likeness (QED) is 0.0457. The number of carbonyl (C=O) groups is 2. The van der Waals surface area contributed by atoms with E-state index in [1.165, 1.54) is 199 Å². The van der Waals surface area contributed by atoms with Crippen molar-refractivity contribution < 1.29 is 19.1 Å². The van der Waals surface area contributed by atoms with Crippen molar-refractivity contribution in [2.45, 2.75) is 253 Å². The van der Waals surface area contributed by atoms with Gasteiger partial charge in [-0.25, -0.2) is 0 Å². The summed E-state index contributed by atoms with van der Waals surface area (Å²) in [6.07, 6.45) is 41.5. The molecule has 0 aromatic rings. The van der Waals surface area contributed by atoms with Crippen molar-refractivity contribution in [3.05, 3.63) is 0 Å². The Kier molecular flexibility index (Phi) is 40.7. The monoisotopic (exact) mass is 764 g/mol. The predicted octanol–water partition coefficient (Wildman–Crippen LogP) is 15.2. The minimum absolute atomic E-state index is 0.0388. The van der Waals surface area contributed by atoms with Gasteiger partial charge in [0.1, 0.15) is 0 Å². The molecule has 0 aromatic heterocycles. The zero-order chi connectivity index (χ0) is 39.7. The second kappa shape index (κ2) is 41.5. The van der Waals surface area contributed by atoms with Crippen LogP contribution in [0.25, 0.3) is 0 Å². The summed E-state index contributed by atoms with van der Waals surface area (Å²) in [4.78, 5) is 27.5. The topological polar surface area (TPSA) is 55.8 Å². The highest BCUT2D eigenvalue weighted by atomic mass is 16.5. The van der Waals surface area contributed by atoms with Crippen LogP contribution in [-0.4, -0.2) is 50.2 Å². The smallest absolute Gasteiger partial charge is 0.306 e. The maximum absolute atomic E-state index is 12.5. The van der Waals surface area contributed by atoms with Crippen molar-refractivity contribution in [1.82, 2.24) is 4.90 Å². The molecule has 0 aliphatic carbocycles. The fourth-order valence-corrected chi connectivity index (χ4v) is 8.12.